The number of nitrogens with zero attached hydrogens (tertiary/aromatic N) is 3. The summed E-state index contributed by atoms with van der Waals surface area (Å²) in [4.78, 5) is 4.70. The van der Waals surface area contributed by atoms with Crippen LogP contribution in [-0.4, -0.2) is 55.7 Å². The van der Waals surface area contributed by atoms with Gasteiger partial charge in [0.05, 0.1) is 18.2 Å². The van der Waals surface area contributed by atoms with Crippen molar-refractivity contribution in [1.29, 1.82) is 5.26 Å². The summed E-state index contributed by atoms with van der Waals surface area (Å²) >= 11 is 0. The number of piperazine rings is 1. The first kappa shape index (κ1) is 15.9. The zero-order valence-electron chi connectivity index (χ0n) is 12.5. The van der Waals surface area contributed by atoms with Gasteiger partial charge in [0.15, 0.2) is 0 Å². The molecule has 1 aromatic carbocycles. The monoisotopic (exact) mass is 291 g/mol. The smallest absolute Gasteiger partial charge is 0.124 e. The topological polar surface area (TPSA) is 39.5 Å². The van der Waals surface area contributed by atoms with Gasteiger partial charge in [0.1, 0.15) is 5.82 Å². The van der Waals surface area contributed by atoms with Gasteiger partial charge in [-0.1, -0.05) is 6.07 Å². The predicted molar refractivity (Wildman–Crippen MR) is 79.3 cm³/mol. The van der Waals surface area contributed by atoms with Crippen LogP contribution in [0.2, 0.25) is 0 Å². The minimum Gasteiger partial charge on any atom is -0.380 e. The van der Waals surface area contributed by atoms with Crippen LogP contribution < -0.4 is 0 Å². The molecule has 1 aliphatic heterocycles. The third-order valence-corrected chi connectivity index (χ3v) is 3.81. The molecule has 1 heterocycles. The highest BCUT2D eigenvalue weighted by molar-refractivity contribution is 5.37. The van der Waals surface area contributed by atoms with Gasteiger partial charge in [-0.05, 0) is 24.6 Å². The predicted octanol–water partition coefficient (Wildman–Crippen LogP) is 1.85. The molecule has 114 valence electrons. The van der Waals surface area contributed by atoms with Crippen LogP contribution in [0, 0.1) is 17.1 Å². The SMILES string of the molecule is CCOCCN1CCN(Cc2ccc(F)cc2C#N)CC1. The first-order chi connectivity index (χ1) is 10.2. The summed E-state index contributed by atoms with van der Waals surface area (Å²) in [5, 5.41) is 9.08. The van der Waals surface area contributed by atoms with Gasteiger partial charge in [0.2, 0.25) is 0 Å². The summed E-state index contributed by atoms with van der Waals surface area (Å²) < 4.78 is 18.5. The van der Waals surface area contributed by atoms with Crippen molar-refractivity contribution in [2.75, 3.05) is 45.9 Å². The molecule has 2 rings (SSSR count). The molecule has 0 aromatic heterocycles. The summed E-state index contributed by atoms with van der Waals surface area (Å²) in [5.74, 6) is -0.351. The highest BCUT2D eigenvalue weighted by Gasteiger charge is 2.17. The Bertz CT molecular complexity index is 493. The number of benzene rings is 1. The van der Waals surface area contributed by atoms with Crippen LogP contribution >= 0.6 is 0 Å². The fourth-order valence-electron chi connectivity index (χ4n) is 2.54. The van der Waals surface area contributed by atoms with E-state index >= 15 is 0 Å². The Hall–Kier alpha value is -1.48. The molecule has 0 amide bonds. The number of nitriles is 1. The van der Waals surface area contributed by atoms with Crippen LogP contribution in [-0.2, 0) is 11.3 Å². The molecule has 1 aromatic rings. The molecule has 5 heteroatoms. The van der Waals surface area contributed by atoms with Crippen LogP contribution in [0.15, 0.2) is 18.2 Å². The Balaban J connectivity index is 1.82. The standard InChI is InChI=1S/C16H22FN3O/c1-2-21-10-9-19-5-7-20(8-6-19)13-14-3-4-16(17)11-15(14)12-18/h3-4,11H,2,5-10,13H2,1H3. The highest BCUT2D eigenvalue weighted by Crippen LogP contribution is 2.14. The second kappa shape index (κ2) is 8.08. The van der Waals surface area contributed by atoms with E-state index in [1.54, 1.807) is 6.07 Å². The van der Waals surface area contributed by atoms with Gasteiger partial charge in [0, 0.05) is 45.9 Å². The quantitative estimate of drug-likeness (QED) is 0.750. The molecule has 0 N–H and O–H groups in total. The van der Waals surface area contributed by atoms with Crippen molar-refractivity contribution >= 4 is 0 Å². The first-order valence-corrected chi connectivity index (χ1v) is 7.44. The number of hydrogen-bond acceptors (Lipinski definition) is 4. The van der Waals surface area contributed by atoms with E-state index in [2.05, 4.69) is 15.9 Å². The minimum absolute atomic E-state index is 0.351. The maximum atomic E-state index is 13.1. The Morgan fingerprint density at radius 1 is 1.24 bits per heavy atom. The van der Waals surface area contributed by atoms with Gasteiger partial charge < -0.3 is 4.74 Å². The molecule has 1 saturated heterocycles. The largest absolute Gasteiger partial charge is 0.380 e. The molecule has 21 heavy (non-hydrogen) atoms. The Morgan fingerprint density at radius 2 is 1.95 bits per heavy atom. The van der Waals surface area contributed by atoms with Gasteiger partial charge >= 0.3 is 0 Å². The third kappa shape index (κ3) is 4.78. The minimum atomic E-state index is -0.351. The summed E-state index contributed by atoms with van der Waals surface area (Å²) in [5.41, 5.74) is 1.34. The van der Waals surface area contributed by atoms with Crippen molar-refractivity contribution in [3.8, 4) is 6.07 Å². The van der Waals surface area contributed by atoms with E-state index in [0.717, 1.165) is 51.5 Å². The van der Waals surface area contributed by atoms with Crippen molar-refractivity contribution in [2.24, 2.45) is 0 Å². The van der Waals surface area contributed by atoms with Crippen LogP contribution in [0.25, 0.3) is 0 Å². The normalized spacial score (nSPS) is 16.8. The molecule has 4 nitrogen and oxygen atoms in total. The maximum absolute atomic E-state index is 13.1. The van der Waals surface area contributed by atoms with E-state index in [1.165, 1.54) is 12.1 Å². The number of hydrogen-bond donors (Lipinski definition) is 0. The average molecular weight is 291 g/mol. The maximum Gasteiger partial charge on any atom is 0.124 e. The zero-order chi connectivity index (χ0) is 15.1. The van der Waals surface area contributed by atoms with Crippen LogP contribution in [0.4, 0.5) is 4.39 Å². The molecule has 1 aliphatic rings. The van der Waals surface area contributed by atoms with Crippen molar-refractivity contribution < 1.29 is 9.13 Å². The van der Waals surface area contributed by atoms with Crippen molar-refractivity contribution in [2.45, 2.75) is 13.5 Å². The van der Waals surface area contributed by atoms with E-state index in [4.69, 9.17) is 10.00 Å². The molecule has 1 fully saturated rings. The fraction of sp³-hybridized carbons (Fsp3) is 0.562. The Kier molecular flexibility index (Phi) is 6.12. The van der Waals surface area contributed by atoms with Gasteiger partial charge in [-0.25, -0.2) is 4.39 Å². The van der Waals surface area contributed by atoms with E-state index in [-0.39, 0.29) is 5.82 Å². The van der Waals surface area contributed by atoms with Gasteiger partial charge in [-0.15, -0.1) is 0 Å². The lowest BCUT2D eigenvalue weighted by Gasteiger charge is -2.34. The van der Waals surface area contributed by atoms with Crippen LogP contribution in [0.5, 0.6) is 0 Å². The van der Waals surface area contributed by atoms with E-state index in [0.29, 0.717) is 12.1 Å². The third-order valence-electron chi connectivity index (χ3n) is 3.81. The number of halogens is 1. The van der Waals surface area contributed by atoms with Gasteiger partial charge in [0.25, 0.3) is 0 Å². The van der Waals surface area contributed by atoms with Crippen LogP contribution in [0.3, 0.4) is 0 Å². The molecule has 0 spiro atoms. The summed E-state index contributed by atoms with van der Waals surface area (Å²) in [6, 6.07) is 6.53. The molecule has 0 atom stereocenters. The molecule has 0 aliphatic carbocycles. The fourth-order valence-corrected chi connectivity index (χ4v) is 2.54. The van der Waals surface area contributed by atoms with E-state index in [9.17, 15) is 4.39 Å². The molecule has 0 radical (unpaired) electrons. The van der Waals surface area contributed by atoms with Crippen molar-refractivity contribution in [1.82, 2.24) is 9.80 Å². The lowest BCUT2D eigenvalue weighted by atomic mass is 10.1. The summed E-state index contributed by atoms with van der Waals surface area (Å²) in [6.45, 7) is 9.20. The van der Waals surface area contributed by atoms with E-state index in [1.807, 2.05) is 6.92 Å². The number of rotatable bonds is 6. The second-order valence-electron chi connectivity index (χ2n) is 5.23. The zero-order valence-corrected chi connectivity index (χ0v) is 12.5. The van der Waals surface area contributed by atoms with E-state index < -0.39 is 0 Å². The highest BCUT2D eigenvalue weighted by atomic mass is 19.1. The molecular formula is C16H22FN3O. The lowest BCUT2D eigenvalue weighted by Crippen LogP contribution is -2.46. The van der Waals surface area contributed by atoms with Gasteiger partial charge in [-0.3, -0.25) is 9.80 Å². The Labute approximate surface area is 125 Å². The summed E-state index contributed by atoms with van der Waals surface area (Å²) in [6.07, 6.45) is 0. The van der Waals surface area contributed by atoms with Crippen molar-refractivity contribution in [3.63, 3.8) is 0 Å². The average Bonchev–Trinajstić information content (AvgIpc) is 2.51. The second-order valence-corrected chi connectivity index (χ2v) is 5.23. The number of ether oxygens (including phenoxy) is 1. The molecule has 0 unspecified atom stereocenters. The lowest BCUT2D eigenvalue weighted by molar-refractivity contribution is 0.0786. The van der Waals surface area contributed by atoms with Crippen LogP contribution in [0.1, 0.15) is 18.1 Å². The Morgan fingerprint density at radius 3 is 2.62 bits per heavy atom. The molecular weight excluding hydrogens is 269 g/mol. The summed E-state index contributed by atoms with van der Waals surface area (Å²) in [7, 11) is 0. The van der Waals surface area contributed by atoms with Gasteiger partial charge in [-0.2, -0.15) is 5.26 Å². The molecule has 0 bridgehead atoms. The van der Waals surface area contributed by atoms with Crippen molar-refractivity contribution in [3.05, 3.63) is 35.1 Å². The first-order valence-electron chi connectivity index (χ1n) is 7.44. The molecule has 0 saturated carbocycles.